The second-order valence-electron chi connectivity index (χ2n) is 6.40. The topological polar surface area (TPSA) is 81.9 Å². The maximum atomic E-state index is 13.1. The summed E-state index contributed by atoms with van der Waals surface area (Å²) in [5.41, 5.74) is 1.81. The number of rotatable bonds is 6. The quantitative estimate of drug-likeness (QED) is 0.528. The van der Waals surface area contributed by atoms with E-state index in [1.54, 1.807) is 55.8 Å². The molecule has 0 spiro atoms. The van der Waals surface area contributed by atoms with Gasteiger partial charge in [-0.3, -0.25) is 9.78 Å². The van der Waals surface area contributed by atoms with E-state index < -0.39 is 5.91 Å². The third-order valence-corrected chi connectivity index (χ3v) is 4.40. The SMILES string of the molecule is COc1ccc(-c2nc(NCc3ccc(F)cc3)n(C(=O)c3ccccn3)n2)cc1. The van der Waals surface area contributed by atoms with Crippen LogP contribution in [0, 0.1) is 5.82 Å². The number of benzene rings is 2. The predicted octanol–water partition coefficient (Wildman–Crippen LogP) is 3.79. The van der Waals surface area contributed by atoms with Crippen LogP contribution < -0.4 is 10.1 Å². The van der Waals surface area contributed by atoms with E-state index in [0.29, 0.717) is 18.1 Å². The van der Waals surface area contributed by atoms with E-state index in [-0.39, 0.29) is 17.5 Å². The Morgan fingerprint density at radius 3 is 2.50 bits per heavy atom. The molecular formula is C22H18FN5O2. The molecule has 0 amide bonds. The molecule has 4 rings (SSSR count). The van der Waals surface area contributed by atoms with Gasteiger partial charge in [0.2, 0.25) is 5.95 Å². The van der Waals surface area contributed by atoms with Gasteiger partial charge in [-0.2, -0.15) is 9.67 Å². The van der Waals surface area contributed by atoms with Gasteiger partial charge in [-0.15, -0.1) is 5.10 Å². The number of pyridine rings is 1. The van der Waals surface area contributed by atoms with Crippen LogP contribution in [0.1, 0.15) is 16.1 Å². The zero-order valence-corrected chi connectivity index (χ0v) is 16.1. The molecule has 2 aromatic carbocycles. The lowest BCUT2D eigenvalue weighted by molar-refractivity contribution is 0.0942. The van der Waals surface area contributed by atoms with Gasteiger partial charge in [-0.1, -0.05) is 18.2 Å². The van der Waals surface area contributed by atoms with Crippen molar-refractivity contribution in [3.8, 4) is 17.1 Å². The lowest BCUT2D eigenvalue weighted by Gasteiger charge is -2.07. The average Bonchev–Trinajstić information content (AvgIpc) is 3.23. The molecule has 4 aromatic rings. The van der Waals surface area contributed by atoms with Crippen molar-refractivity contribution in [3.05, 3.63) is 90.0 Å². The van der Waals surface area contributed by atoms with Gasteiger partial charge >= 0.3 is 0 Å². The van der Waals surface area contributed by atoms with E-state index >= 15 is 0 Å². The van der Waals surface area contributed by atoms with Crippen molar-refractivity contribution in [1.82, 2.24) is 19.7 Å². The van der Waals surface area contributed by atoms with E-state index in [1.165, 1.54) is 16.8 Å². The van der Waals surface area contributed by atoms with Gasteiger partial charge in [0.1, 0.15) is 17.3 Å². The second-order valence-corrected chi connectivity index (χ2v) is 6.40. The summed E-state index contributed by atoms with van der Waals surface area (Å²) in [6.07, 6.45) is 1.54. The van der Waals surface area contributed by atoms with Crippen LogP contribution in [0.3, 0.4) is 0 Å². The van der Waals surface area contributed by atoms with E-state index in [1.807, 2.05) is 12.1 Å². The molecule has 7 nitrogen and oxygen atoms in total. The maximum absolute atomic E-state index is 13.1. The molecule has 0 atom stereocenters. The summed E-state index contributed by atoms with van der Waals surface area (Å²) < 4.78 is 19.5. The Hall–Kier alpha value is -4.07. The molecule has 0 fully saturated rings. The predicted molar refractivity (Wildman–Crippen MR) is 110 cm³/mol. The molecule has 1 N–H and O–H groups in total. The number of aromatic nitrogens is 4. The van der Waals surface area contributed by atoms with Crippen LogP contribution in [-0.2, 0) is 6.54 Å². The van der Waals surface area contributed by atoms with Crippen molar-refractivity contribution in [2.75, 3.05) is 12.4 Å². The first-order valence-corrected chi connectivity index (χ1v) is 9.19. The van der Waals surface area contributed by atoms with Crippen LogP contribution in [0.5, 0.6) is 5.75 Å². The summed E-state index contributed by atoms with van der Waals surface area (Å²) >= 11 is 0. The fraction of sp³-hybridized carbons (Fsp3) is 0.0909. The van der Waals surface area contributed by atoms with Crippen LogP contribution in [0.4, 0.5) is 10.3 Å². The number of nitrogens with zero attached hydrogens (tertiary/aromatic N) is 4. The van der Waals surface area contributed by atoms with Gasteiger partial charge in [-0.05, 0) is 54.1 Å². The molecule has 0 aliphatic carbocycles. The highest BCUT2D eigenvalue weighted by molar-refractivity contribution is 5.95. The zero-order valence-electron chi connectivity index (χ0n) is 16.1. The molecule has 2 heterocycles. The maximum Gasteiger partial charge on any atom is 0.299 e. The van der Waals surface area contributed by atoms with Gasteiger partial charge in [0, 0.05) is 18.3 Å². The number of hydrogen-bond acceptors (Lipinski definition) is 6. The van der Waals surface area contributed by atoms with Crippen molar-refractivity contribution >= 4 is 11.9 Å². The lowest BCUT2D eigenvalue weighted by atomic mass is 10.2. The third kappa shape index (κ3) is 4.17. The summed E-state index contributed by atoms with van der Waals surface area (Å²) in [6.45, 7) is 0.344. The van der Waals surface area contributed by atoms with Crippen LogP contribution in [0.15, 0.2) is 72.9 Å². The minimum Gasteiger partial charge on any atom is -0.497 e. The van der Waals surface area contributed by atoms with Crippen molar-refractivity contribution in [2.24, 2.45) is 0 Å². The smallest absolute Gasteiger partial charge is 0.299 e. The van der Waals surface area contributed by atoms with Crippen LogP contribution in [0.25, 0.3) is 11.4 Å². The molecule has 0 saturated heterocycles. The number of carbonyl (C=O) groups excluding carboxylic acids is 1. The van der Waals surface area contributed by atoms with Crippen molar-refractivity contribution in [1.29, 1.82) is 0 Å². The van der Waals surface area contributed by atoms with E-state index in [4.69, 9.17) is 4.74 Å². The number of nitrogens with one attached hydrogen (secondary N) is 1. The minimum atomic E-state index is -0.413. The van der Waals surface area contributed by atoms with Crippen LogP contribution in [0.2, 0.25) is 0 Å². The summed E-state index contributed by atoms with van der Waals surface area (Å²) in [5, 5.41) is 7.50. The monoisotopic (exact) mass is 403 g/mol. The first-order chi connectivity index (χ1) is 14.6. The summed E-state index contributed by atoms with van der Waals surface area (Å²) in [5.74, 6) is 0.625. The molecule has 0 unspecified atom stereocenters. The Bertz CT molecular complexity index is 1140. The number of ether oxygens (including phenoxy) is 1. The normalized spacial score (nSPS) is 10.6. The molecule has 8 heteroatoms. The highest BCUT2D eigenvalue weighted by Crippen LogP contribution is 2.22. The Labute approximate surface area is 172 Å². The third-order valence-electron chi connectivity index (χ3n) is 4.40. The van der Waals surface area contributed by atoms with Crippen molar-refractivity contribution in [3.63, 3.8) is 0 Å². The van der Waals surface area contributed by atoms with E-state index in [0.717, 1.165) is 11.1 Å². The van der Waals surface area contributed by atoms with Crippen LogP contribution >= 0.6 is 0 Å². The summed E-state index contributed by atoms with van der Waals surface area (Å²) in [7, 11) is 1.59. The lowest BCUT2D eigenvalue weighted by Crippen LogP contribution is -2.18. The Balaban J connectivity index is 1.67. The zero-order chi connectivity index (χ0) is 20.9. The summed E-state index contributed by atoms with van der Waals surface area (Å²) in [6, 6.07) is 18.4. The van der Waals surface area contributed by atoms with Gasteiger partial charge in [-0.25, -0.2) is 4.39 Å². The summed E-state index contributed by atoms with van der Waals surface area (Å²) in [4.78, 5) is 21.6. The largest absolute Gasteiger partial charge is 0.497 e. The highest BCUT2D eigenvalue weighted by Gasteiger charge is 2.19. The number of methoxy groups -OCH3 is 1. The fourth-order valence-corrected chi connectivity index (χ4v) is 2.81. The van der Waals surface area contributed by atoms with Crippen molar-refractivity contribution in [2.45, 2.75) is 6.54 Å². The molecule has 0 aliphatic heterocycles. The minimum absolute atomic E-state index is 0.244. The van der Waals surface area contributed by atoms with Gasteiger partial charge in [0.15, 0.2) is 5.82 Å². The first kappa shape index (κ1) is 19.3. The molecule has 0 aliphatic rings. The Kier molecular flexibility index (Phi) is 5.47. The molecule has 0 saturated carbocycles. The number of anilines is 1. The van der Waals surface area contributed by atoms with E-state index in [2.05, 4.69) is 20.4 Å². The number of hydrogen-bond donors (Lipinski definition) is 1. The van der Waals surface area contributed by atoms with Gasteiger partial charge < -0.3 is 10.1 Å². The fourth-order valence-electron chi connectivity index (χ4n) is 2.81. The van der Waals surface area contributed by atoms with E-state index in [9.17, 15) is 9.18 Å². The average molecular weight is 403 g/mol. The molecule has 0 radical (unpaired) electrons. The standard InChI is InChI=1S/C22H18FN5O2/c1-30-18-11-7-16(8-12-18)20-26-22(25-14-15-5-9-17(23)10-6-15)28(27-20)21(29)19-4-2-3-13-24-19/h2-13H,14H2,1H3,(H,25,26,27). The molecule has 30 heavy (non-hydrogen) atoms. The first-order valence-electron chi connectivity index (χ1n) is 9.19. The second kappa shape index (κ2) is 8.52. The van der Waals surface area contributed by atoms with Gasteiger partial charge in [0.25, 0.3) is 5.91 Å². The van der Waals surface area contributed by atoms with Gasteiger partial charge in [0.05, 0.1) is 7.11 Å². The van der Waals surface area contributed by atoms with Crippen LogP contribution in [-0.4, -0.2) is 32.8 Å². The molecule has 0 bridgehead atoms. The number of halogens is 1. The highest BCUT2D eigenvalue weighted by atomic mass is 19.1. The Morgan fingerprint density at radius 2 is 1.83 bits per heavy atom. The Morgan fingerprint density at radius 1 is 1.07 bits per heavy atom. The molecule has 2 aromatic heterocycles. The number of carbonyl (C=O) groups is 1. The molecular weight excluding hydrogens is 385 g/mol. The molecule has 150 valence electrons. The van der Waals surface area contributed by atoms with Crippen molar-refractivity contribution < 1.29 is 13.9 Å².